The highest BCUT2D eigenvalue weighted by molar-refractivity contribution is 7.91. The molecule has 0 aliphatic carbocycles. The van der Waals surface area contributed by atoms with Gasteiger partial charge in [-0.3, -0.25) is 4.90 Å². The number of para-hydroxylation sites is 1. The van der Waals surface area contributed by atoms with Crippen LogP contribution < -0.4 is 5.32 Å². The van der Waals surface area contributed by atoms with Gasteiger partial charge in [0.25, 0.3) is 0 Å². The summed E-state index contributed by atoms with van der Waals surface area (Å²) in [6.45, 7) is 3.32. The molecule has 1 N–H and O–H groups in total. The van der Waals surface area contributed by atoms with Crippen molar-refractivity contribution in [2.45, 2.75) is 5.37 Å². The summed E-state index contributed by atoms with van der Waals surface area (Å²) in [7, 11) is -3.18. The van der Waals surface area contributed by atoms with Crippen LogP contribution in [0.5, 0.6) is 0 Å². The van der Waals surface area contributed by atoms with Gasteiger partial charge in [0, 0.05) is 37.6 Å². The molecule has 0 bridgehead atoms. The summed E-state index contributed by atoms with van der Waals surface area (Å²) in [6, 6.07) is 10.3. The first-order valence-electron chi connectivity index (χ1n) is 6.28. The number of benzene rings is 1. The molecule has 1 aromatic rings. The van der Waals surface area contributed by atoms with Crippen molar-refractivity contribution in [2.24, 2.45) is 0 Å². The third-order valence-corrected chi connectivity index (χ3v) is 4.37. The molecule has 1 saturated heterocycles. The number of hydrogen-bond acceptors (Lipinski definition) is 5. The summed E-state index contributed by atoms with van der Waals surface area (Å²) in [6.07, 6.45) is 1.26. The van der Waals surface area contributed by atoms with Crippen LogP contribution in [0.1, 0.15) is 0 Å². The van der Waals surface area contributed by atoms with Gasteiger partial charge in [0.15, 0.2) is 9.84 Å². The number of nitrogens with one attached hydrogen (secondary N) is 1. The van der Waals surface area contributed by atoms with E-state index in [2.05, 4.69) is 16.3 Å². The van der Waals surface area contributed by atoms with E-state index < -0.39 is 15.2 Å². The third-order valence-electron chi connectivity index (χ3n) is 3.07. The Morgan fingerprint density at radius 3 is 2.74 bits per heavy atom. The van der Waals surface area contributed by atoms with E-state index >= 15 is 0 Å². The van der Waals surface area contributed by atoms with Crippen LogP contribution in [0.4, 0.5) is 5.69 Å². The van der Waals surface area contributed by atoms with Crippen molar-refractivity contribution >= 4 is 15.5 Å². The molecule has 1 unspecified atom stereocenters. The second kappa shape index (κ2) is 6.36. The first-order chi connectivity index (χ1) is 9.05. The Morgan fingerprint density at radius 1 is 1.42 bits per heavy atom. The Morgan fingerprint density at radius 2 is 2.16 bits per heavy atom. The molecule has 19 heavy (non-hydrogen) atoms. The van der Waals surface area contributed by atoms with Gasteiger partial charge in [-0.2, -0.15) is 0 Å². The van der Waals surface area contributed by atoms with E-state index in [0.29, 0.717) is 25.4 Å². The van der Waals surface area contributed by atoms with E-state index in [1.165, 1.54) is 6.26 Å². The predicted molar refractivity (Wildman–Crippen MR) is 74.8 cm³/mol. The Labute approximate surface area is 114 Å². The number of morpholine rings is 1. The highest BCUT2D eigenvalue weighted by Gasteiger charge is 2.24. The number of hydrogen-bond donors (Lipinski definition) is 1. The number of nitrogens with zero attached hydrogens (tertiary/aromatic N) is 1. The zero-order chi connectivity index (χ0) is 13.7. The first kappa shape index (κ1) is 14.3. The smallest absolute Gasteiger partial charge is 0.169 e. The molecule has 1 heterocycles. The first-order valence-corrected chi connectivity index (χ1v) is 8.23. The fraction of sp³-hybridized carbons (Fsp3) is 0.538. The van der Waals surface area contributed by atoms with Crippen molar-refractivity contribution in [3.63, 3.8) is 0 Å². The normalized spacial score (nSPS) is 19.0. The predicted octanol–water partition coefficient (Wildman–Crippen LogP) is 0.602. The molecule has 0 spiro atoms. The SMILES string of the molecule is CS(=O)(=O)C(CN1CCOCC1)Nc1[c]cccc1. The van der Waals surface area contributed by atoms with Crippen LogP contribution in [0, 0.1) is 6.07 Å². The van der Waals surface area contributed by atoms with Crippen molar-refractivity contribution < 1.29 is 13.2 Å². The van der Waals surface area contributed by atoms with Gasteiger partial charge >= 0.3 is 0 Å². The summed E-state index contributed by atoms with van der Waals surface area (Å²) >= 11 is 0. The van der Waals surface area contributed by atoms with E-state index in [9.17, 15) is 8.42 Å². The summed E-state index contributed by atoms with van der Waals surface area (Å²) in [4.78, 5) is 2.10. The second-order valence-corrected chi connectivity index (χ2v) is 6.88. The lowest BCUT2D eigenvalue weighted by Gasteiger charge is -2.30. The van der Waals surface area contributed by atoms with Gasteiger partial charge in [-0.25, -0.2) is 8.42 Å². The minimum atomic E-state index is -3.18. The summed E-state index contributed by atoms with van der Waals surface area (Å²) in [5.41, 5.74) is 0.700. The van der Waals surface area contributed by atoms with Crippen LogP contribution in [0.2, 0.25) is 0 Å². The van der Waals surface area contributed by atoms with Crippen LogP contribution >= 0.6 is 0 Å². The topological polar surface area (TPSA) is 58.6 Å². The maximum Gasteiger partial charge on any atom is 0.169 e. The van der Waals surface area contributed by atoms with Gasteiger partial charge in [-0.15, -0.1) is 0 Å². The Kier molecular flexibility index (Phi) is 4.79. The Balaban J connectivity index is 2.04. The summed E-state index contributed by atoms with van der Waals surface area (Å²) < 4.78 is 29.0. The van der Waals surface area contributed by atoms with Crippen LogP contribution in [0.3, 0.4) is 0 Å². The minimum Gasteiger partial charge on any atom is -0.379 e. The lowest BCUT2D eigenvalue weighted by molar-refractivity contribution is 0.0386. The molecule has 1 aromatic carbocycles. The summed E-state index contributed by atoms with van der Waals surface area (Å²) in [5, 5.41) is 2.42. The van der Waals surface area contributed by atoms with Gasteiger partial charge in [0.1, 0.15) is 5.37 Å². The fourth-order valence-electron chi connectivity index (χ4n) is 1.96. The highest BCUT2D eigenvalue weighted by atomic mass is 32.2. The Hall–Kier alpha value is -1.11. The molecule has 1 radical (unpaired) electrons. The molecular weight excluding hydrogens is 264 g/mol. The molecule has 1 aliphatic rings. The van der Waals surface area contributed by atoms with E-state index in [0.717, 1.165) is 13.1 Å². The second-order valence-electron chi connectivity index (χ2n) is 4.65. The molecule has 0 aromatic heterocycles. The molecule has 0 amide bonds. The van der Waals surface area contributed by atoms with E-state index in [1.54, 1.807) is 6.07 Å². The zero-order valence-corrected chi connectivity index (χ0v) is 11.8. The average Bonchev–Trinajstić information content (AvgIpc) is 2.39. The molecule has 6 heteroatoms. The molecule has 1 fully saturated rings. The molecule has 1 aliphatic heterocycles. The van der Waals surface area contributed by atoms with Gasteiger partial charge in [0.2, 0.25) is 0 Å². The van der Waals surface area contributed by atoms with Gasteiger partial charge in [0.05, 0.1) is 13.2 Å². The quantitative estimate of drug-likeness (QED) is 0.857. The van der Waals surface area contributed by atoms with E-state index in [1.807, 2.05) is 18.2 Å². The van der Waals surface area contributed by atoms with Crippen LogP contribution in [0.15, 0.2) is 24.3 Å². The average molecular weight is 283 g/mol. The van der Waals surface area contributed by atoms with Gasteiger partial charge in [-0.1, -0.05) is 18.2 Å². The van der Waals surface area contributed by atoms with E-state index in [-0.39, 0.29) is 0 Å². The Bertz CT molecular complexity index is 484. The van der Waals surface area contributed by atoms with Crippen molar-refractivity contribution in [1.82, 2.24) is 4.90 Å². The minimum absolute atomic E-state index is 0.463. The third kappa shape index (κ3) is 4.49. The molecule has 2 rings (SSSR count). The van der Waals surface area contributed by atoms with Crippen molar-refractivity contribution in [3.05, 3.63) is 30.3 Å². The zero-order valence-electron chi connectivity index (χ0n) is 11.0. The van der Waals surface area contributed by atoms with Crippen molar-refractivity contribution in [2.75, 3.05) is 44.4 Å². The van der Waals surface area contributed by atoms with Crippen LogP contribution in [0.25, 0.3) is 0 Å². The van der Waals surface area contributed by atoms with Crippen LogP contribution in [-0.4, -0.2) is 57.8 Å². The number of anilines is 1. The number of sulfone groups is 1. The standard InChI is InChI=1S/C13H19N2O3S/c1-19(16,17)13(11-15-7-9-18-10-8-15)14-12-5-3-2-4-6-12/h2-5,13-14H,7-11H2,1H3. The molecular formula is C13H19N2O3S. The highest BCUT2D eigenvalue weighted by Crippen LogP contribution is 2.11. The number of rotatable bonds is 5. The van der Waals surface area contributed by atoms with Crippen molar-refractivity contribution in [1.29, 1.82) is 0 Å². The van der Waals surface area contributed by atoms with Crippen LogP contribution in [-0.2, 0) is 14.6 Å². The maximum absolute atomic E-state index is 11.9. The number of ether oxygens (including phenoxy) is 1. The lowest BCUT2D eigenvalue weighted by atomic mass is 10.3. The molecule has 5 nitrogen and oxygen atoms in total. The van der Waals surface area contributed by atoms with Gasteiger partial charge in [-0.05, 0) is 6.07 Å². The van der Waals surface area contributed by atoms with Crippen molar-refractivity contribution in [3.8, 4) is 0 Å². The maximum atomic E-state index is 11.9. The molecule has 105 valence electrons. The lowest BCUT2D eigenvalue weighted by Crippen LogP contribution is -2.45. The summed E-state index contributed by atoms with van der Waals surface area (Å²) in [5.74, 6) is 0. The fourth-order valence-corrected chi connectivity index (χ4v) is 2.79. The molecule has 0 saturated carbocycles. The van der Waals surface area contributed by atoms with E-state index in [4.69, 9.17) is 4.74 Å². The molecule has 1 atom stereocenters. The monoisotopic (exact) mass is 283 g/mol. The van der Waals surface area contributed by atoms with Gasteiger partial charge < -0.3 is 10.1 Å². The largest absolute Gasteiger partial charge is 0.379 e.